The maximum atomic E-state index is 5.92. The fraction of sp³-hybridized carbons (Fsp3) is 0.471. The van der Waals surface area contributed by atoms with Gasteiger partial charge in [-0.25, -0.2) is 4.98 Å². The van der Waals surface area contributed by atoms with E-state index in [2.05, 4.69) is 16.8 Å². The zero-order valence-corrected chi connectivity index (χ0v) is 13.6. The van der Waals surface area contributed by atoms with Gasteiger partial charge in [-0.2, -0.15) is 0 Å². The van der Waals surface area contributed by atoms with Crippen LogP contribution in [-0.2, 0) is 6.54 Å². The molecule has 0 spiro atoms. The number of aromatic nitrogens is 1. The monoisotopic (exact) mass is 319 g/mol. The van der Waals surface area contributed by atoms with Crippen LogP contribution in [0.15, 0.2) is 34.9 Å². The minimum Gasteiger partial charge on any atom is -0.444 e. The maximum absolute atomic E-state index is 5.92. The molecule has 1 fully saturated rings. The molecule has 1 aromatic heterocycles. The van der Waals surface area contributed by atoms with Crippen molar-refractivity contribution in [2.75, 3.05) is 13.1 Å². The Morgan fingerprint density at radius 3 is 2.86 bits per heavy atom. The predicted molar refractivity (Wildman–Crippen MR) is 88.6 cm³/mol. The van der Waals surface area contributed by atoms with Crippen molar-refractivity contribution in [3.05, 3.63) is 41.2 Å². The van der Waals surface area contributed by atoms with E-state index in [1.165, 1.54) is 12.8 Å². The molecule has 1 aliphatic heterocycles. The number of hydrogen-bond acceptors (Lipinski definition) is 4. The minimum absolute atomic E-state index is 0.444. The first-order valence-corrected chi connectivity index (χ1v) is 8.18. The van der Waals surface area contributed by atoms with Gasteiger partial charge < -0.3 is 10.2 Å². The topological polar surface area (TPSA) is 55.3 Å². The van der Waals surface area contributed by atoms with E-state index in [4.69, 9.17) is 21.8 Å². The second-order valence-electron chi connectivity index (χ2n) is 6.14. The van der Waals surface area contributed by atoms with Gasteiger partial charge in [-0.1, -0.05) is 18.5 Å². The summed E-state index contributed by atoms with van der Waals surface area (Å²) in [6.45, 7) is 4.87. The van der Waals surface area contributed by atoms with Crippen molar-refractivity contribution < 1.29 is 4.42 Å². The molecule has 5 heteroatoms. The van der Waals surface area contributed by atoms with Crippen molar-refractivity contribution in [2.24, 2.45) is 11.7 Å². The fourth-order valence-electron chi connectivity index (χ4n) is 3.07. The lowest BCUT2D eigenvalue weighted by Crippen LogP contribution is -2.45. The summed E-state index contributed by atoms with van der Waals surface area (Å²) in [6, 6.07) is 7.97. The molecule has 22 heavy (non-hydrogen) atoms. The van der Waals surface area contributed by atoms with Gasteiger partial charge in [-0.3, -0.25) is 4.90 Å². The molecule has 0 bridgehead atoms. The van der Waals surface area contributed by atoms with E-state index in [0.717, 1.165) is 30.3 Å². The number of nitrogens with two attached hydrogens (primary N) is 1. The van der Waals surface area contributed by atoms with E-state index >= 15 is 0 Å². The first kappa shape index (κ1) is 15.5. The standard InChI is InChI=1S/C17H22ClN3O/c1-12-6-7-21(16(8-12)9-19)10-15-11-22-17(20-15)13-2-4-14(18)5-3-13/h2-5,11-12,16H,6-10,19H2,1H3. The molecule has 2 unspecified atom stereocenters. The summed E-state index contributed by atoms with van der Waals surface area (Å²) in [5.74, 6) is 1.40. The summed E-state index contributed by atoms with van der Waals surface area (Å²) in [6.07, 6.45) is 4.13. The van der Waals surface area contributed by atoms with Gasteiger partial charge in [-0.05, 0) is 49.6 Å². The highest BCUT2D eigenvalue weighted by Crippen LogP contribution is 2.25. The number of oxazole rings is 1. The van der Waals surface area contributed by atoms with Crippen LogP contribution >= 0.6 is 11.6 Å². The molecule has 2 heterocycles. The van der Waals surface area contributed by atoms with Crippen LogP contribution in [0.25, 0.3) is 11.5 Å². The molecule has 1 saturated heterocycles. The van der Waals surface area contributed by atoms with Crippen LogP contribution < -0.4 is 5.73 Å². The van der Waals surface area contributed by atoms with E-state index in [9.17, 15) is 0 Å². The van der Waals surface area contributed by atoms with E-state index < -0.39 is 0 Å². The van der Waals surface area contributed by atoms with Crippen LogP contribution in [-0.4, -0.2) is 29.0 Å². The lowest BCUT2D eigenvalue weighted by molar-refractivity contribution is 0.114. The van der Waals surface area contributed by atoms with Gasteiger partial charge in [0.2, 0.25) is 5.89 Å². The van der Waals surface area contributed by atoms with Crippen molar-refractivity contribution in [2.45, 2.75) is 32.4 Å². The molecule has 2 atom stereocenters. The number of halogens is 1. The molecular formula is C17H22ClN3O. The predicted octanol–water partition coefficient (Wildman–Crippen LogP) is 3.55. The van der Waals surface area contributed by atoms with Gasteiger partial charge in [0, 0.05) is 29.7 Å². The number of likely N-dealkylation sites (tertiary alicyclic amines) is 1. The zero-order valence-electron chi connectivity index (χ0n) is 12.8. The van der Waals surface area contributed by atoms with Crippen LogP contribution in [0.4, 0.5) is 0 Å². The SMILES string of the molecule is CC1CCN(Cc2coc(-c3ccc(Cl)cc3)n2)C(CN)C1. The van der Waals surface area contributed by atoms with E-state index in [0.29, 0.717) is 23.5 Å². The highest BCUT2D eigenvalue weighted by molar-refractivity contribution is 6.30. The molecule has 3 rings (SSSR count). The van der Waals surface area contributed by atoms with Crippen molar-refractivity contribution >= 4 is 11.6 Å². The van der Waals surface area contributed by atoms with Gasteiger partial charge in [0.15, 0.2) is 0 Å². The Kier molecular flexibility index (Phi) is 4.81. The van der Waals surface area contributed by atoms with E-state index in [1.807, 2.05) is 24.3 Å². The highest BCUT2D eigenvalue weighted by atomic mass is 35.5. The molecule has 0 amide bonds. The first-order valence-electron chi connectivity index (χ1n) is 7.80. The summed E-state index contributed by atoms with van der Waals surface area (Å²) >= 11 is 5.91. The molecule has 4 nitrogen and oxygen atoms in total. The Balaban J connectivity index is 1.70. The van der Waals surface area contributed by atoms with Crippen LogP contribution in [0.1, 0.15) is 25.5 Å². The molecule has 1 aromatic carbocycles. The second kappa shape index (κ2) is 6.82. The summed E-state index contributed by atoms with van der Waals surface area (Å²) in [5.41, 5.74) is 7.82. The van der Waals surface area contributed by atoms with E-state index in [1.54, 1.807) is 6.26 Å². The maximum Gasteiger partial charge on any atom is 0.226 e. The summed E-state index contributed by atoms with van der Waals surface area (Å²) in [5, 5.41) is 0.712. The smallest absolute Gasteiger partial charge is 0.226 e. The van der Waals surface area contributed by atoms with Crippen molar-refractivity contribution in [1.29, 1.82) is 0 Å². The molecular weight excluding hydrogens is 298 g/mol. The number of rotatable bonds is 4. The summed E-state index contributed by atoms with van der Waals surface area (Å²) < 4.78 is 5.61. The second-order valence-corrected chi connectivity index (χ2v) is 6.58. The normalized spacial score (nSPS) is 22.9. The van der Waals surface area contributed by atoms with Crippen molar-refractivity contribution in [3.8, 4) is 11.5 Å². The number of hydrogen-bond donors (Lipinski definition) is 1. The molecule has 0 radical (unpaired) electrons. The third-order valence-electron chi connectivity index (χ3n) is 4.38. The van der Waals surface area contributed by atoms with Crippen LogP contribution in [0.3, 0.4) is 0 Å². The van der Waals surface area contributed by atoms with Crippen molar-refractivity contribution in [1.82, 2.24) is 9.88 Å². The average Bonchev–Trinajstić information content (AvgIpc) is 2.98. The Morgan fingerprint density at radius 1 is 1.36 bits per heavy atom. The van der Waals surface area contributed by atoms with Crippen molar-refractivity contribution in [3.63, 3.8) is 0 Å². The van der Waals surface area contributed by atoms with Gasteiger partial charge in [0.25, 0.3) is 0 Å². The third-order valence-corrected chi connectivity index (χ3v) is 4.63. The van der Waals surface area contributed by atoms with Gasteiger partial charge in [-0.15, -0.1) is 0 Å². The molecule has 0 aliphatic carbocycles. The highest BCUT2D eigenvalue weighted by Gasteiger charge is 2.26. The largest absolute Gasteiger partial charge is 0.444 e. The summed E-state index contributed by atoms with van der Waals surface area (Å²) in [7, 11) is 0. The number of nitrogens with zero attached hydrogens (tertiary/aromatic N) is 2. The summed E-state index contributed by atoms with van der Waals surface area (Å²) in [4.78, 5) is 7.02. The first-order chi connectivity index (χ1) is 10.7. The molecule has 2 N–H and O–H groups in total. The Morgan fingerprint density at radius 2 is 2.14 bits per heavy atom. The molecule has 0 saturated carbocycles. The fourth-order valence-corrected chi connectivity index (χ4v) is 3.19. The molecule has 118 valence electrons. The zero-order chi connectivity index (χ0) is 15.5. The molecule has 1 aliphatic rings. The average molecular weight is 320 g/mol. The quantitative estimate of drug-likeness (QED) is 0.936. The minimum atomic E-state index is 0.444. The lowest BCUT2D eigenvalue weighted by atomic mass is 9.92. The third kappa shape index (κ3) is 3.51. The Hall–Kier alpha value is -1.36. The number of benzene rings is 1. The van der Waals surface area contributed by atoms with Gasteiger partial charge in [0.05, 0.1) is 5.69 Å². The van der Waals surface area contributed by atoms with Crippen LogP contribution in [0.2, 0.25) is 5.02 Å². The Labute approximate surface area is 136 Å². The van der Waals surface area contributed by atoms with Gasteiger partial charge in [0.1, 0.15) is 6.26 Å². The van der Waals surface area contributed by atoms with Gasteiger partial charge >= 0.3 is 0 Å². The van der Waals surface area contributed by atoms with Crippen LogP contribution in [0, 0.1) is 5.92 Å². The number of piperidine rings is 1. The van der Waals surface area contributed by atoms with E-state index in [-0.39, 0.29) is 0 Å². The lowest BCUT2D eigenvalue weighted by Gasteiger charge is -2.37. The van der Waals surface area contributed by atoms with Crippen LogP contribution in [0.5, 0.6) is 0 Å². The molecule has 2 aromatic rings. The Bertz CT molecular complexity index is 611.